The molecule has 0 radical (unpaired) electrons. The predicted molar refractivity (Wildman–Crippen MR) is 227 cm³/mol. The molecule has 8 aromatic rings. The Bertz CT molecular complexity index is 2500. The number of hydrogen-bond donors (Lipinski definition) is 0. The highest BCUT2D eigenvalue weighted by molar-refractivity contribution is 7.85. The van der Waals surface area contributed by atoms with Crippen molar-refractivity contribution < 1.29 is 9.13 Å². The van der Waals surface area contributed by atoms with Gasteiger partial charge in [-0.2, -0.15) is 0 Å². The first kappa shape index (κ1) is 32.1. The lowest BCUT2D eigenvalue weighted by molar-refractivity contribution is 0.591. The van der Waals surface area contributed by atoms with Gasteiger partial charge in [0.1, 0.15) is 0 Å². The van der Waals surface area contributed by atoms with E-state index in [9.17, 15) is 0 Å². The molecule has 8 aromatic carbocycles. The summed E-state index contributed by atoms with van der Waals surface area (Å²) < 4.78 is 31.7. The van der Waals surface area contributed by atoms with Gasteiger partial charge in [0.05, 0.1) is 0 Å². The lowest BCUT2D eigenvalue weighted by Gasteiger charge is -2.30. The molecular weight excluding hydrogens is 699 g/mol. The Hall–Kier alpha value is -5.56. The smallest absolute Gasteiger partial charge is 0.182 e. The average molecular weight is 733 g/mol. The Balaban J connectivity index is 1.30. The van der Waals surface area contributed by atoms with Crippen molar-refractivity contribution in [2.45, 2.75) is 0 Å². The third kappa shape index (κ3) is 4.52. The van der Waals surface area contributed by atoms with E-state index in [1.165, 1.54) is 43.0 Å². The van der Waals surface area contributed by atoms with E-state index in [1.807, 2.05) is 121 Å². The highest BCUT2D eigenvalue weighted by Gasteiger charge is 2.55. The summed E-state index contributed by atoms with van der Waals surface area (Å²) in [6.45, 7) is 0. The fourth-order valence-electron chi connectivity index (χ4n) is 8.95. The molecule has 0 unspecified atom stereocenters. The first-order valence-corrected chi connectivity index (χ1v) is 23.4. The van der Waals surface area contributed by atoms with Crippen LogP contribution >= 0.6 is 14.3 Å². The highest BCUT2D eigenvalue weighted by atomic mass is 31.2. The van der Waals surface area contributed by atoms with Crippen molar-refractivity contribution in [1.82, 2.24) is 0 Å². The lowest BCUT2D eigenvalue weighted by atomic mass is 10.1. The number of fused-ring (bicyclic) bond motifs is 10. The van der Waals surface area contributed by atoms with E-state index >= 15 is 9.13 Å². The minimum atomic E-state index is -3.27. The Labute approximate surface area is 311 Å². The van der Waals surface area contributed by atoms with Crippen LogP contribution in [-0.2, 0) is 9.13 Å². The van der Waals surface area contributed by atoms with Crippen LogP contribution in [0.3, 0.4) is 0 Å². The van der Waals surface area contributed by atoms with E-state index in [-0.39, 0.29) is 0 Å². The predicted octanol–water partition coefficient (Wildman–Crippen LogP) is 6.30. The highest BCUT2D eigenvalue weighted by Crippen LogP contribution is 2.45. The third-order valence-corrected chi connectivity index (χ3v) is 22.3. The van der Waals surface area contributed by atoms with Gasteiger partial charge < -0.3 is 9.13 Å². The second-order valence-corrected chi connectivity index (χ2v) is 23.1. The molecule has 10 rings (SSSR count). The van der Waals surface area contributed by atoms with Crippen LogP contribution in [0.15, 0.2) is 206 Å². The monoisotopic (exact) mass is 732 g/mol. The Morgan fingerprint density at radius 1 is 0.264 bits per heavy atom. The normalized spacial score (nSPS) is 13.6. The van der Waals surface area contributed by atoms with Crippen LogP contribution in [0.1, 0.15) is 0 Å². The van der Waals surface area contributed by atoms with Gasteiger partial charge in [-0.15, -0.1) is 0 Å². The van der Waals surface area contributed by atoms with E-state index in [2.05, 4.69) is 84.9 Å². The van der Waals surface area contributed by atoms with Gasteiger partial charge in [0.2, 0.25) is 0 Å². The molecule has 2 nitrogen and oxygen atoms in total. The minimum absolute atomic E-state index is 0.818. The third-order valence-electron chi connectivity index (χ3n) is 11.3. The first-order valence-electron chi connectivity index (χ1n) is 18.0. The van der Waals surface area contributed by atoms with E-state index in [4.69, 9.17) is 0 Å². The van der Waals surface area contributed by atoms with Gasteiger partial charge in [-0.05, 0) is 55.1 Å². The van der Waals surface area contributed by atoms with Crippen molar-refractivity contribution in [3.8, 4) is 22.3 Å². The van der Waals surface area contributed by atoms with E-state index in [0.717, 1.165) is 31.8 Å². The number of benzene rings is 8. The molecule has 0 N–H and O–H groups in total. The van der Waals surface area contributed by atoms with Crippen LogP contribution in [0.5, 0.6) is 0 Å². The molecule has 0 aliphatic carbocycles. The summed E-state index contributed by atoms with van der Waals surface area (Å²) in [6.07, 6.45) is 0. The second kappa shape index (κ2) is 12.3. The van der Waals surface area contributed by atoms with Crippen molar-refractivity contribution in [2.75, 3.05) is 0 Å². The molecule has 0 saturated heterocycles. The van der Waals surface area contributed by atoms with Crippen molar-refractivity contribution in [3.63, 3.8) is 0 Å². The standard InChI is InChI=1S/C48H34O2P2Si/c49-51(35-17-5-1-6-18-35,36-19-7-2-8-20-36)39-29-31-43-41-25-13-15-27-45(41)53(47(43)33-39)46-28-16-14-26-42(46)44-32-30-40(34-48(44)53)52(50,37-21-9-3-10-22-37)38-23-11-4-12-24-38/h1-34H. The molecule has 0 saturated carbocycles. The largest absolute Gasteiger partial charge is 0.309 e. The molecule has 1 spiro atoms. The second-order valence-electron chi connectivity index (χ2n) is 13.9. The van der Waals surface area contributed by atoms with E-state index < -0.39 is 22.4 Å². The minimum Gasteiger partial charge on any atom is -0.309 e. The maximum Gasteiger partial charge on any atom is 0.182 e. The molecule has 252 valence electrons. The van der Waals surface area contributed by atoms with Crippen molar-refractivity contribution in [3.05, 3.63) is 206 Å². The zero-order valence-electron chi connectivity index (χ0n) is 28.8. The van der Waals surface area contributed by atoms with Gasteiger partial charge in [-0.3, -0.25) is 0 Å². The van der Waals surface area contributed by atoms with Gasteiger partial charge in [-0.1, -0.05) is 194 Å². The van der Waals surface area contributed by atoms with Crippen LogP contribution in [0, 0.1) is 0 Å². The molecule has 53 heavy (non-hydrogen) atoms. The van der Waals surface area contributed by atoms with Gasteiger partial charge in [0.25, 0.3) is 0 Å². The van der Waals surface area contributed by atoms with E-state index in [0.29, 0.717) is 0 Å². The SMILES string of the molecule is O=P(c1ccccc1)(c1ccccc1)c1ccc2c(c1)[Si]1(c3ccccc3-2)c2ccccc2-c2ccc(P(=O)(c3ccccc3)c3ccccc3)cc21. The lowest BCUT2D eigenvalue weighted by Crippen LogP contribution is -2.71. The summed E-state index contributed by atoms with van der Waals surface area (Å²) in [5, 5.41) is 10.0. The number of rotatable bonds is 6. The maximum atomic E-state index is 15.9. The maximum absolute atomic E-state index is 15.9. The van der Waals surface area contributed by atoms with Crippen LogP contribution in [0.25, 0.3) is 22.3 Å². The van der Waals surface area contributed by atoms with Crippen LogP contribution < -0.4 is 52.6 Å². The summed E-state index contributed by atoms with van der Waals surface area (Å²) >= 11 is 0. The molecule has 0 amide bonds. The zero-order chi connectivity index (χ0) is 35.6. The summed E-state index contributed by atoms with van der Waals surface area (Å²) in [5.41, 5.74) is 4.81. The Kier molecular flexibility index (Phi) is 7.43. The molecule has 2 aliphatic rings. The van der Waals surface area contributed by atoms with Crippen molar-refractivity contribution in [1.29, 1.82) is 0 Å². The zero-order valence-corrected chi connectivity index (χ0v) is 31.6. The van der Waals surface area contributed by atoms with Crippen molar-refractivity contribution in [2.24, 2.45) is 0 Å². The van der Waals surface area contributed by atoms with Crippen LogP contribution in [-0.4, -0.2) is 8.07 Å². The van der Waals surface area contributed by atoms with Gasteiger partial charge in [-0.25, -0.2) is 0 Å². The summed E-state index contributed by atoms with van der Waals surface area (Å²) in [6, 6.07) is 70.6. The Morgan fingerprint density at radius 3 is 0.887 bits per heavy atom. The quantitative estimate of drug-likeness (QED) is 0.149. The number of hydrogen-bond acceptors (Lipinski definition) is 2. The molecule has 0 atom stereocenters. The fourth-order valence-corrected chi connectivity index (χ4v) is 20.2. The first-order chi connectivity index (χ1) is 26.1. The van der Waals surface area contributed by atoms with Crippen LogP contribution in [0.2, 0.25) is 0 Å². The molecule has 5 heteroatoms. The molecule has 0 aromatic heterocycles. The summed E-state index contributed by atoms with van der Waals surface area (Å²) in [7, 11) is -9.55. The Morgan fingerprint density at radius 2 is 0.547 bits per heavy atom. The molecule has 2 aliphatic heterocycles. The molecular formula is C48H34O2P2Si. The van der Waals surface area contributed by atoms with Crippen LogP contribution in [0.4, 0.5) is 0 Å². The average Bonchev–Trinajstić information content (AvgIpc) is 3.71. The fraction of sp³-hybridized carbons (Fsp3) is 0. The molecule has 2 heterocycles. The molecule has 0 fully saturated rings. The topological polar surface area (TPSA) is 34.1 Å². The van der Waals surface area contributed by atoms with Gasteiger partial charge in [0, 0.05) is 31.8 Å². The van der Waals surface area contributed by atoms with E-state index in [1.54, 1.807) is 0 Å². The van der Waals surface area contributed by atoms with Crippen molar-refractivity contribution >= 4 is 74.9 Å². The van der Waals surface area contributed by atoms with Gasteiger partial charge >= 0.3 is 0 Å². The van der Waals surface area contributed by atoms with Gasteiger partial charge in [0.15, 0.2) is 22.4 Å². The molecule has 0 bridgehead atoms. The summed E-state index contributed by atoms with van der Waals surface area (Å²) in [5.74, 6) is 0. The summed E-state index contributed by atoms with van der Waals surface area (Å²) in [4.78, 5) is 0.